The fourth-order valence-corrected chi connectivity index (χ4v) is 2.71. The molecule has 0 bridgehead atoms. The van der Waals surface area contributed by atoms with Crippen LogP contribution in [0.4, 0.5) is 11.5 Å². The van der Waals surface area contributed by atoms with Crippen molar-refractivity contribution in [3.8, 4) is 0 Å². The minimum Gasteiger partial charge on any atom is -0.385 e. The standard InChI is InChI=1S/C20H29N5O/c1-15-14-17(22-13-7-5-3-4-6-12-21)9-10-18(15)20(26)23-19-11-8-16(2)24-25-19/h8-11,14,22H,3-7,12-13,21H2,1-2H3,(H,23,25,26). The van der Waals surface area contributed by atoms with E-state index in [-0.39, 0.29) is 5.91 Å². The smallest absolute Gasteiger partial charge is 0.257 e. The highest BCUT2D eigenvalue weighted by Crippen LogP contribution is 2.17. The molecule has 1 aromatic carbocycles. The van der Waals surface area contributed by atoms with Crippen LogP contribution >= 0.6 is 0 Å². The zero-order valence-corrected chi connectivity index (χ0v) is 15.7. The maximum atomic E-state index is 12.4. The molecular weight excluding hydrogens is 326 g/mol. The molecule has 140 valence electrons. The van der Waals surface area contributed by atoms with Crippen molar-refractivity contribution >= 4 is 17.4 Å². The number of hydrogen-bond acceptors (Lipinski definition) is 5. The summed E-state index contributed by atoms with van der Waals surface area (Å²) in [6, 6.07) is 9.36. The van der Waals surface area contributed by atoms with Crippen molar-refractivity contribution in [2.24, 2.45) is 5.73 Å². The summed E-state index contributed by atoms with van der Waals surface area (Å²) in [4.78, 5) is 12.4. The summed E-state index contributed by atoms with van der Waals surface area (Å²) >= 11 is 0. The van der Waals surface area contributed by atoms with E-state index in [9.17, 15) is 4.79 Å². The van der Waals surface area contributed by atoms with Gasteiger partial charge in [0.05, 0.1) is 5.69 Å². The number of hydrogen-bond donors (Lipinski definition) is 3. The Hall–Kier alpha value is -2.47. The molecular formula is C20H29N5O. The molecule has 0 fully saturated rings. The first kappa shape index (κ1) is 19.8. The number of unbranched alkanes of at least 4 members (excludes halogenated alkanes) is 4. The molecule has 0 atom stereocenters. The lowest BCUT2D eigenvalue weighted by atomic mass is 10.1. The number of carbonyl (C=O) groups is 1. The maximum Gasteiger partial charge on any atom is 0.257 e. The van der Waals surface area contributed by atoms with E-state index >= 15 is 0 Å². The minimum absolute atomic E-state index is 0.174. The Bertz CT molecular complexity index is 700. The molecule has 0 aliphatic carbocycles. The van der Waals surface area contributed by atoms with Crippen LogP contribution in [0.2, 0.25) is 0 Å². The number of amides is 1. The molecule has 0 aliphatic heterocycles. The first-order valence-corrected chi connectivity index (χ1v) is 9.26. The van der Waals surface area contributed by atoms with Crippen molar-refractivity contribution in [2.45, 2.75) is 46.0 Å². The predicted molar refractivity (Wildman–Crippen MR) is 107 cm³/mol. The molecule has 1 heterocycles. The highest BCUT2D eigenvalue weighted by Gasteiger charge is 2.10. The Labute approximate surface area is 155 Å². The second-order valence-electron chi connectivity index (χ2n) is 6.53. The van der Waals surface area contributed by atoms with Crippen LogP contribution in [0.3, 0.4) is 0 Å². The largest absolute Gasteiger partial charge is 0.385 e. The summed E-state index contributed by atoms with van der Waals surface area (Å²) in [5.74, 6) is 0.281. The lowest BCUT2D eigenvalue weighted by molar-refractivity contribution is 0.102. The van der Waals surface area contributed by atoms with Gasteiger partial charge in [0.1, 0.15) is 0 Å². The number of nitrogens with zero attached hydrogens (tertiary/aromatic N) is 2. The van der Waals surface area contributed by atoms with E-state index in [1.807, 2.05) is 38.1 Å². The number of aromatic nitrogens is 2. The minimum atomic E-state index is -0.174. The molecule has 6 heteroatoms. The van der Waals surface area contributed by atoms with Gasteiger partial charge in [-0.05, 0) is 69.1 Å². The average Bonchev–Trinajstić information content (AvgIpc) is 2.63. The van der Waals surface area contributed by atoms with Crippen LogP contribution in [0.25, 0.3) is 0 Å². The van der Waals surface area contributed by atoms with Crippen molar-refractivity contribution in [1.29, 1.82) is 0 Å². The maximum absolute atomic E-state index is 12.4. The van der Waals surface area contributed by atoms with Crippen LogP contribution in [-0.2, 0) is 0 Å². The molecule has 26 heavy (non-hydrogen) atoms. The molecule has 0 unspecified atom stereocenters. The van der Waals surface area contributed by atoms with Crippen molar-refractivity contribution in [2.75, 3.05) is 23.7 Å². The number of nitrogens with two attached hydrogens (primary N) is 1. The summed E-state index contributed by atoms with van der Waals surface area (Å²) in [6.07, 6.45) is 5.91. The molecule has 0 radical (unpaired) electrons. The van der Waals surface area contributed by atoms with Gasteiger partial charge in [-0.15, -0.1) is 5.10 Å². The van der Waals surface area contributed by atoms with Crippen LogP contribution in [0.5, 0.6) is 0 Å². The number of carbonyl (C=O) groups excluding carboxylic acids is 1. The Morgan fingerprint density at radius 1 is 1.00 bits per heavy atom. The van der Waals surface area contributed by atoms with Crippen molar-refractivity contribution in [1.82, 2.24) is 10.2 Å². The topological polar surface area (TPSA) is 92.9 Å². The van der Waals surface area contributed by atoms with Crippen LogP contribution in [-0.4, -0.2) is 29.2 Å². The Kier molecular flexibility index (Phi) is 8.02. The Balaban J connectivity index is 1.82. The highest BCUT2D eigenvalue weighted by atomic mass is 16.1. The van der Waals surface area contributed by atoms with Crippen LogP contribution in [0.15, 0.2) is 30.3 Å². The van der Waals surface area contributed by atoms with Crippen molar-refractivity contribution in [3.63, 3.8) is 0 Å². The van der Waals surface area contributed by atoms with Gasteiger partial charge in [0.2, 0.25) is 0 Å². The second kappa shape index (κ2) is 10.5. The van der Waals surface area contributed by atoms with Gasteiger partial charge in [-0.3, -0.25) is 4.79 Å². The van der Waals surface area contributed by atoms with E-state index in [0.717, 1.165) is 42.9 Å². The lowest BCUT2D eigenvalue weighted by Gasteiger charge is -2.11. The molecule has 6 nitrogen and oxygen atoms in total. The highest BCUT2D eigenvalue weighted by molar-refractivity contribution is 6.05. The number of benzene rings is 1. The summed E-state index contributed by atoms with van der Waals surface area (Å²) in [5.41, 5.74) is 8.91. The third-order valence-electron chi connectivity index (χ3n) is 4.22. The van der Waals surface area contributed by atoms with Gasteiger partial charge in [0.15, 0.2) is 5.82 Å². The number of aryl methyl sites for hydroxylation is 2. The molecule has 0 aliphatic rings. The van der Waals surface area contributed by atoms with Crippen molar-refractivity contribution in [3.05, 3.63) is 47.2 Å². The Morgan fingerprint density at radius 3 is 2.46 bits per heavy atom. The van der Waals surface area contributed by atoms with Gasteiger partial charge in [0.25, 0.3) is 5.91 Å². The van der Waals surface area contributed by atoms with E-state index in [0.29, 0.717) is 11.4 Å². The third-order valence-corrected chi connectivity index (χ3v) is 4.22. The molecule has 0 saturated carbocycles. The second-order valence-corrected chi connectivity index (χ2v) is 6.53. The van der Waals surface area contributed by atoms with E-state index in [1.165, 1.54) is 19.3 Å². The molecule has 2 rings (SSSR count). The molecule has 4 N–H and O–H groups in total. The van der Waals surface area contributed by atoms with E-state index < -0.39 is 0 Å². The predicted octanol–water partition coefficient (Wildman–Crippen LogP) is 3.67. The molecule has 0 saturated heterocycles. The summed E-state index contributed by atoms with van der Waals surface area (Å²) < 4.78 is 0. The van der Waals surface area contributed by atoms with Gasteiger partial charge in [-0.2, -0.15) is 5.10 Å². The fraction of sp³-hybridized carbons (Fsp3) is 0.450. The Morgan fingerprint density at radius 2 is 1.77 bits per heavy atom. The number of nitrogens with one attached hydrogen (secondary N) is 2. The summed E-state index contributed by atoms with van der Waals surface area (Å²) in [6.45, 7) is 5.52. The SMILES string of the molecule is Cc1ccc(NC(=O)c2ccc(NCCCCCCCN)cc2C)nn1. The molecule has 1 amide bonds. The first-order valence-electron chi connectivity index (χ1n) is 9.26. The fourth-order valence-electron chi connectivity index (χ4n) is 2.71. The van der Waals surface area contributed by atoms with E-state index in [2.05, 4.69) is 20.8 Å². The normalized spacial score (nSPS) is 10.6. The summed E-state index contributed by atoms with van der Waals surface area (Å²) in [5, 5.41) is 14.1. The molecule has 2 aromatic rings. The van der Waals surface area contributed by atoms with Gasteiger partial charge < -0.3 is 16.4 Å². The quantitative estimate of drug-likeness (QED) is 0.566. The number of anilines is 2. The van der Waals surface area contributed by atoms with E-state index in [4.69, 9.17) is 5.73 Å². The van der Waals surface area contributed by atoms with Gasteiger partial charge in [-0.25, -0.2) is 0 Å². The van der Waals surface area contributed by atoms with Crippen LogP contribution < -0.4 is 16.4 Å². The molecule has 1 aromatic heterocycles. The third kappa shape index (κ3) is 6.44. The van der Waals surface area contributed by atoms with Gasteiger partial charge in [0, 0.05) is 17.8 Å². The first-order chi connectivity index (χ1) is 12.6. The van der Waals surface area contributed by atoms with Gasteiger partial charge in [-0.1, -0.05) is 19.3 Å². The summed E-state index contributed by atoms with van der Waals surface area (Å²) in [7, 11) is 0. The zero-order chi connectivity index (χ0) is 18.8. The van der Waals surface area contributed by atoms with Crippen LogP contribution in [0, 0.1) is 13.8 Å². The van der Waals surface area contributed by atoms with Crippen molar-refractivity contribution < 1.29 is 4.79 Å². The average molecular weight is 355 g/mol. The van der Waals surface area contributed by atoms with Gasteiger partial charge >= 0.3 is 0 Å². The van der Waals surface area contributed by atoms with Crippen LogP contribution in [0.1, 0.15) is 53.7 Å². The van der Waals surface area contributed by atoms with E-state index in [1.54, 1.807) is 6.07 Å². The lowest BCUT2D eigenvalue weighted by Crippen LogP contribution is -2.15. The monoisotopic (exact) mass is 355 g/mol. The molecule has 0 spiro atoms. The number of rotatable bonds is 10. The zero-order valence-electron chi connectivity index (χ0n) is 15.7.